The lowest BCUT2D eigenvalue weighted by atomic mass is 10.1. The number of anilines is 5. The molecule has 3 heterocycles. The van der Waals surface area contributed by atoms with Gasteiger partial charge in [-0.05, 0) is 50.2 Å². The van der Waals surface area contributed by atoms with Gasteiger partial charge in [-0.2, -0.15) is 23.3 Å². The van der Waals surface area contributed by atoms with E-state index in [-0.39, 0.29) is 5.91 Å². The highest BCUT2D eigenvalue weighted by atomic mass is 35.5. The third kappa shape index (κ3) is 8.45. The molecule has 1 fully saturated rings. The Hall–Kier alpha value is -4.17. The quantitative estimate of drug-likeness (QED) is 0.267. The zero-order valence-electron chi connectivity index (χ0n) is 19.8. The SMILES string of the molecule is C=CC(=O)Nc1cccc(Nc2nc(Nc3cnn(C4CCNCC4)c3)ncc2Cl)c1.O=C(O)C(F)(F)F. The van der Waals surface area contributed by atoms with Gasteiger partial charge in [-0.3, -0.25) is 9.48 Å². The maximum atomic E-state index is 11.5. The lowest BCUT2D eigenvalue weighted by Gasteiger charge is -2.22. The van der Waals surface area contributed by atoms with Crippen molar-refractivity contribution in [3.63, 3.8) is 0 Å². The Morgan fingerprint density at radius 3 is 2.50 bits per heavy atom. The van der Waals surface area contributed by atoms with E-state index in [4.69, 9.17) is 21.5 Å². The van der Waals surface area contributed by atoms with Gasteiger partial charge in [0.15, 0.2) is 5.82 Å². The standard InChI is InChI=1S/C21H23ClN8O.C2HF3O2/c1-2-19(31)26-14-4-3-5-15(10-14)27-20-18(22)12-24-21(29-20)28-16-11-25-30(13-16)17-6-8-23-9-7-17;3-2(4,5)1(6)7/h2-5,10-13,17,23H,1,6-9H2,(H,26,31)(H2,24,27,28,29);(H,6,7). The molecule has 4 rings (SSSR count). The Morgan fingerprint density at radius 2 is 1.84 bits per heavy atom. The number of rotatable bonds is 7. The zero-order chi connectivity index (χ0) is 27.7. The van der Waals surface area contributed by atoms with Gasteiger partial charge < -0.3 is 26.4 Å². The minimum Gasteiger partial charge on any atom is -0.475 e. The fourth-order valence-electron chi connectivity index (χ4n) is 3.32. The van der Waals surface area contributed by atoms with Gasteiger partial charge >= 0.3 is 12.1 Å². The number of piperidine rings is 1. The van der Waals surface area contributed by atoms with E-state index < -0.39 is 12.1 Å². The number of carboxylic acids is 1. The van der Waals surface area contributed by atoms with Gasteiger partial charge in [0.1, 0.15) is 5.02 Å². The second-order valence-corrected chi connectivity index (χ2v) is 8.31. The average Bonchev–Trinajstić information content (AvgIpc) is 3.35. The van der Waals surface area contributed by atoms with Gasteiger partial charge in [-0.1, -0.05) is 24.2 Å². The summed E-state index contributed by atoms with van der Waals surface area (Å²) < 4.78 is 33.7. The van der Waals surface area contributed by atoms with Crippen LogP contribution in [0.5, 0.6) is 0 Å². The molecule has 0 unspecified atom stereocenters. The van der Waals surface area contributed by atoms with Crippen LogP contribution in [0, 0.1) is 0 Å². The number of carboxylic acid groups (broad SMARTS) is 1. The van der Waals surface area contributed by atoms with Crippen LogP contribution in [0.4, 0.5) is 42.0 Å². The first-order valence-electron chi connectivity index (χ1n) is 11.2. The molecular weight excluding hydrogens is 529 g/mol. The largest absolute Gasteiger partial charge is 0.490 e. The molecule has 38 heavy (non-hydrogen) atoms. The summed E-state index contributed by atoms with van der Waals surface area (Å²) >= 11 is 6.28. The fraction of sp³-hybridized carbons (Fsp3) is 0.261. The molecule has 0 atom stereocenters. The van der Waals surface area contributed by atoms with E-state index in [0.29, 0.717) is 34.2 Å². The average molecular weight is 553 g/mol. The Bertz CT molecular complexity index is 1280. The number of halogens is 4. The van der Waals surface area contributed by atoms with Crippen LogP contribution >= 0.6 is 11.6 Å². The number of carbonyl (C=O) groups excluding carboxylic acids is 1. The van der Waals surface area contributed by atoms with Gasteiger partial charge in [-0.25, -0.2) is 9.78 Å². The number of aliphatic carboxylic acids is 1. The number of benzene rings is 1. The van der Waals surface area contributed by atoms with E-state index in [9.17, 15) is 18.0 Å². The molecule has 0 radical (unpaired) electrons. The third-order valence-electron chi connectivity index (χ3n) is 5.11. The molecule has 0 aliphatic carbocycles. The fourth-order valence-corrected chi connectivity index (χ4v) is 3.46. The predicted octanol–water partition coefficient (Wildman–Crippen LogP) is 4.50. The first kappa shape index (κ1) is 28.4. The summed E-state index contributed by atoms with van der Waals surface area (Å²) in [5.41, 5.74) is 2.15. The molecule has 202 valence electrons. The predicted molar refractivity (Wildman–Crippen MR) is 136 cm³/mol. The van der Waals surface area contributed by atoms with Crippen molar-refractivity contribution in [1.29, 1.82) is 0 Å². The Morgan fingerprint density at radius 1 is 1.16 bits per heavy atom. The second-order valence-electron chi connectivity index (χ2n) is 7.91. The zero-order valence-corrected chi connectivity index (χ0v) is 20.6. The van der Waals surface area contributed by atoms with Crippen molar-refractivity contribution in [1.82, 2.24) is 25.1 Å². The third-order valence-corrected chi connectivity index (χ3v) is 5.38. The molecule has 1 aliphatic heterocycles. The number of hydrogen-bond donors (Lipinski definition) is 5. The normalized spacial score (nSPS) is 13.6. The molecule has 1 aliphatic rings. The van der Waals surface area contributed by atoms with Gasteiger partial charge in [-0.15, -0.1) is 0 Å². The summed E-state index contributed by atoms with van der Waals surface area (Å²) in [6, 6.07) is 7.61. The lowest BCUT2D eigenvalue weighted by molar-refractivity contribution is -0.192. The number of carbonyl (C=O) groups is 2. The molecule has 1 aromatic carbocycles. The molecule has 0 spiro atoms. The lowest BCUT2D eigenvalue weighted by Crippen LogP contribution is -2.29. The molecule has 5 N–H and O–H groups in total. The van der Waals surface area contributed by atoms with Crippen LogP contribution in [0.25, 0.3) is 0 Å². The summed E-state index contributed by atoms with van der Waals surface area (Å²) in [4.78, 5) is 29.1. The van der Waals surface area contributed by atoms with E-state index in [2.05, 4.69) is 42.9 Å². The summed E-state index contributed by atoms with van der Waals surface area (Å²) in [7, 11) is 0. The van der Waals surface area contributed by atoms with Crippen molar-refractivity contribution in [3.8, 4) is 0 Å². The van der Waals surface area contributed by atoms with Crippen molar-refractivity contribution in [2.75, 3.05) is 29.0 Å². The summed E-state index contributed by atoms with van der Waals surface area (Å²) in [5.74, 6) is -2.20. The van der Waals surface area contributed by atoms with Crippen LogP contribution in [0.1, 0.15) is 18.9 Å². The van der Waals surface area contributed by atoms with Crippen LogP contribution < -0.4 is 21.3 Å². The topological polar surface area (TPSA) is 146 Å². The summed E-state index contributed by atoms with van der Waals surface area (Å²) in [5, 5.41) is 24.4. The van der Waals surface area contributed by atoms with Crippen LogP contribution in [0.3, 0.4) is 0 Å². The van der Waals surface area contributed by atoms with Crippen LogP contribution in [-0.4, -0.2) is 56.0 Å². The van der Waals surface area contributed by atoms with Gasteiger partial charge in [0.2, 0.25) is 11.9 Å². The number of nitrogens with one attached hydrogen (secondary N) is 4. The van der Waals surface area contributed by atoms with Crippen molar-refractivity contribution in [3.05, 3.63) is 60.5 Å². The monoisotopic (exact) mass is 552 g/mol. The summed E-state index contributed by atoms with van der Waals surface area (Å²) in [6.45, 7) is 5.45. The number of aromatic nitrogens is 4. The van der Waals surface area contributed by atoms with Crippen molar-refractivity contribution >= 4 is 52.3 Å². The molecule has 1 saturated heterocycles. The molecule has 1 amide bonds. The van der Waals surface area contributed by atoms with Crippen molar-refractivity contribution in [2.24, 2.45) is 0 Å². The van der Waals surface area contributed by atoms with Crippen LogP contribution in [0.15, 0.2) is 55.5 Å². The molecular formula is C23H24ClF3N8O3. The van der Waals surface area contributed by atoms with E-state index in [1.165, 1.54) is 12.3 Å². The highest BCUT2D eigenvalue weighted by Crippen LogP contribution is 2.27. The van der Waals surface area contributed by atoms with E-state index in [1.54, 1.807) is 18.3 Å². The molecule has 0 bridgehead atoms. The minimum absolute atomic E-state index is 0.284. The van der Waals surface area contributed by atoms with E-state index in [0.717, 1.165) is 31.6 Å². The second kappa shape index (κ2) is 12.9. The first-order chi connectivity index (χ1) is 18.0. The molecule has 0 saturated carbocycles. The number of nitrogens with zero attached hydrogens (tertiary/aromatic N) is 4. The number of alkyl halides is 3. The highest BCUT2D eigenvalue weighted by Gasteiger charge is 2.38. The summed E-state index contributed by atoms with van der Waals surface area (Å²) in [6.07, 6.45) is 3.50. The van der Waals surface area contributed by atoms with Gasteiger partial charge in [0, 0.05) is 17.6 Å². The molecule has 2 aromatic heterocycles. The number of amides is 1. The number of hydrogen-bond acceptors (Lipinski definition) is 8. The Kier molecular flexibility index (Phi) is 9.62. The molecule has 15 heteroatoms. The van der Waals surface area contributed by atoms with Crippen molar-refractivity contribution in [2.45, 2.75) is 25.1 Å². The highest BCUT2D eigenvalue weighted by molar-refractivity contribution is 6.32. The maximum Gasteiger partial charge on any atom is 0.490 e. The van der Waals surface area contributed by atoms with Gasteiger partial charge in [0.25, 0.3) is 0 Å². The first-order valence-corrected chi connectivity index (χ1v) is 11.6. The van der Waals surface area contributed by atoms with E-state index >= 15 is 0 Å². The molecule has 3 aromatic rings. The Balaban J connectivity index is 0.000000505. The van der Waals surface area contributed by atoms with Crippen LogP contribution in [0.2, 0.25) is 5.02 Å². The van der Waals surface area contributed by atoms with Gasteiger partial charge in [0.05, 0.1) is 24.1 Å². The van der Waals surface area contributed by atoms with E-state index in [1.807, 2.05) is 23.0 Å². The Labute approximate surface area is 220 Å². The van der Waals surface area contributed by atoms with Crippen LogP contribution in [-0.2, 0) is 9.59 Å². The maximum absolute atomic E-state index is 11.5. The van der Waals surface area contributed by atoms with Crippen molar-refractivity contribution < 1.29 is 27.9 Å². The molecule has 11 nitrogen and oxygen atoms in total. The minimum atomic E-state index is -5.08. The smallest absolute Gasteiger partial charge is 0.475 e.